The van der Waals surface area contributed by atoms with Crippen LogP contribution in [0.25, 0.3) is 0 Å². The van der Waals surface area contributed by atoms with Gasteiger partial charge in [-0.05, 0) is 61.4 Å². The average molecular weight is 444 g/mol. The molecule has 0 saturated carbocycles. The van der Waals surface area contributed by atoms with Gasteiger partial charge in [0.1, 0.15) is 5.75 Å². The van der Waals surface area contributed by atoms with E-state index in [2.05, 4.69) is 26.0 Å². The third kappa shape index (κ3) is 5.67. The van der Waals surface area contributed by atoms with E-state index >= 15 is 0 Å². The molecule has 168 valence electrons. The summed E-state index contributed by atoms with van der Waals surface area (Å²) in [6.07, 6.45) is -0.243. The number of benzene rings is 2. The van der Waals surface area contributed by atoms with E-state index in [9.17, 15) is 13.2 Å². The van der Waals surface area contributed by atoms with Gasteiger partial charge in [-0.2, -0.15) is 0 Å². The second-order valence-corrected chi connectivity index (χ2v) is 11.1. The van der Waals surface area contributed by atoms with Crippen molar-refractivity contribution in [1.82, 2.24) is 4.90 Å². The fraction of sp³-hybridized carbons (Fsp3) is 0.480. The SMILES string of the molecule is Cc1cccc(OC(C)C(=O)N(Cc2ccc(C(C)C)cc2)C2CCS(=O)(=O)C2)c1C. The lowest BCUT2D eigenvalue weighted by Crippen LogP contribution is -2.46. The Morgan fingerprint density at radius 1 is 1.10 bits per heavy atom. The molecule has 6 heteroatoms. The van der Waals surface area contributed by atoms with Crippen LogP contribution in [0.3, 0.4) is 0 Å². The molecule has 31 heavy (non-hydrogen) atoms. The smallest absolute Gasteiger partial charge is 0.263 e. The Morgan fingerprint density at radius 2 is 1.77 bits per heavy atom. The van der Waals surface area contributed by atoms with Gasteiger partial charge >= 0.3 is 0 Å². The van der Waals surface area contributed by atoms with Gasteiger partial charge in [0.25, 0.3) is 5.91 Å². The van der Waals surface area contributed by atoms with Crippen LogP contribution in [0.2, 0.25) is 0 Å². The molecule has 2 atom stereocenters. The Balaban J connectivity index is 1.82. The molecule has 1 fully saturated rings. The van der Waals surface area contributed by atoms with Crippen LogP contribution in [0, 0.1) is 13.8 Å². The first kappa shape index (κ1) is 23.3. The monoisotopic (exact) mass is 443 g/mol. The Bertz CT molecular complexity index is 1030. The average Bonchev–Trinajstić information content (AvgIpc) is 3.08. The van der Waals surface area contributed by atoms with E-state index in [1.165, 1.54) is 5.56 Å². The van der Waals surface area contributed by atoms with Crippen molar-refractivity contribution in [2.75, 3.05) is 11.5 Å². The maximum Gasteiger partial charge on any atom is 0.263 e. The highest BCUT2D eigenvalue weighted by Gasteiger charge is 2.36. The molecule has 1 amide bonds. The number of carbonyl (C=O) groups is 1. The van der Waals surface area contributed by atoms with Crippen LogP contribution in [0.1, 0.15) is 55.4 Å². The van der Waals surface area contributed by atoms with Gasteiger partial charge in [0, 0.05) is 12.6 Å². The second-order valence-electron chi connectivity index (χ2n) is 8.88. The molecular formula is C25H33NO4S. The van der Waals surface area contributed by atoms with Gasteiger partial charge in [0.2, 0.25) is 0 Å². The number of ether oxygens (including phenoxy) is 1. The van der Waals surface area contributed by atoms with Gasteiger partial charge in [-0.3, -0.25) is 4.79 Å². The fourth-order valence-corrected chi connectivity index (χ4v) is 5.67. The quantitative estimate of drug-likeness (QED) is 0.636. The molecule has 2 unspecified atom stereocenters. The van der Waals surface area contributed by atoms with Crippen molar-refractivity contribution < 1.29 is 17.9 Å². The number of rotatable bonds is 7. The predicted octanol–water partition coefficient (Wildman–Crippen LogP) is 4.41. The highest BCUT2D eigenvalue weighted by Crippen LogP contribution is 2.25. The number of sulfone groups is 1. The van der Waals surface area contributed by atoms with Crippen LogP contribution >= 0.6 is 0 Å². The van der Waals surface area contributed by atoms with Crippen molar-refractivity contribution in [3.8, 4) is 5.75 Å². The van der Waals surface area contributed by atoms with E-state index in [-0.39, 0.29) is 23.5 Å². The van der Waals surface area contributed by atoms with Crippen LogP contribution in [0.5, 0.6) is 5.75 Å². The lowest BCUT2D eigenvalue weighted by molar-refractivity contribution is -0.140. The highest BCUT2D eigenvalue weighted by atomic mass is 32.2. The Kier molecular flexibility index (Phi) is 7.10. The minimum absolute atomic E-state index is 0.0129. The van der Waals surface area contributed by atoms with E-state index in [4.69, 9.17) is 4.74 Å². The third-order valence-electron chi connectivity index (χ3n) is 6.14. The predicted molar refractivity (Wildman–Crippen MR) is 124 cm³/mol. The van der Waals surface area contributed by atoms with Gasteiger partial charge in [-0.1, -0.05) is 50.2 Å². The van der Waals surface area contributed by atoms with Crippen LogP contribution < -0.4 is 4.74 Å². The summed E-state index contributed by atoms with van der Waals surface area (Å²) >= 11 is 0. The molecular weight excluding hydrogens is 410 g/mol. The van der Waals surface area contributed by atoms with E-state index < -0.39 is 15.9 Å². The van der Waals surface area contributed by atoms with E-state index in [0.29, 0.717) is 24.6 Å². The van der Waals surface area contributed by atoms with Gasteiger partial charge < -0.3 is 9.64 Å². The summed E-state index contributed by atoms with van der Waals surface area (Å²) in [7, 11) is -3.12. The Labute approximate surface area is 186 Å². The lowest BCUT2D eigenvalue weighted by atomic mass is 10.0. The zero-order chi connectivity index (χ0) is 22.8. The standard InChI is InChI=1S/C25H33NO4S/c1-17(2)22-11-9-21(10-12-22)15-26(23-13-14-31(28,29)16-23)25(27)20(5)30-24-8-6-7-18(3)19(24)4/h6-12,17,20,23H,13-16H2,1-5H3. The van der Waals surface area contributed by atoms with Gasteiger partial charge in [0.05, 0.1) is 11.5 Å². The maximum atomic E-state index is 13.4. The van der Waals surface area contributed by atoms with E-state index in [0.717, 1.165) is 16.7 Å². The molecule has 1 heterocycles. The van der Waals surface area contributed by atoms with Crippen molar-refractivity contribution in [2.24, 2.45) is 0 Å². The maximum absolute atomic E-state index is 13.4. The molecule has 1 saturated heterocycles. The second kappa shape index (κ2) is 9.43. The summed E-state index contributed by atoms with van der Waals surface area (Å²) in [6, 6.07) is 13.6. The van der Waals surface area contributed by atoms with Crippen LogP contribution in [0.15, 0.2) is 42.5 Å². The molecule has 2 aromatic rings. The summed E-state index contributed by atoms with van der Waals surface area (Å²) in [5.74, 6) is 1.06. The number of hydrogen-bond acceptors (Lipinski definition) is 4. The zero-order valence-corrected chi connectivity index (χ0v) is 19.9. The number of aryl methyl sites for hydroxylation is 1. The third-order valence-corrected chi connectivity index (χ3v) is 7.89. The van der Waals surface area contributed by atoms with E-state index in [1.807, 2.05) is 44.2 Å². The number of amides is 1. The van der Waals surface area contributed by atoms with Crippen LogP contribution in [0.4, 0.5) is 0 Å². The van der Waals surface area contributed by atoms with Crippen molar-refractivity contribution in [3.63, 3.8) is 0 Å². The fourth-order valence-electron chi connectivity index (χ4n) is 3.94. The zero-order valence-electron chi connectivity index (χ0n) is 19.1. The van der Waals surface area contributed by atoms with Crippen molar-refractivity contribution >= 4 is 15.7 Å². The van der Waals surface area contributed by atoms with E-state index in [1.54, 1.807) is 11.8 Å². The van der Waals surface area contributed by atoms with Crippen molar-refractivity contribution in [2.45, 2.75) is 65.6 Å². The normalized spacial score (nSPS) is 18.7. The topological polar surface area (TPSA) is 63.7 Å². The molecule has 1 aliphatic heterocycles. The number of hydrogen-bond donors (Lipinski definition) is 0. The molecule has 2 aromatic carbocycles. The van der Waals surface area contributed by atoms with Crippen molar-refractivity contribution in [1.29, 1.82) is 0 Å². The highest BCUT2D eigenvalue weighted by molar-refractivity contribution is 7.91. The van der Waals surface area contributed by atoms with Gasteiger partial charge in [-0.25, -0.2) is 8.42 Å². The molecule has 3 rings (SSSR count). The molecule has 0 N–H and O–H groups in total. The largest absolute Gasteiger partial charge is 0.481 e. The molecule has 5 nitrogen and oxygen atoms in total. The summed E-state index contributed by atoms with van der Waals surface area (Å²) in [4.78, 5) is 15.1. The van der Waals surface area contributed by atoms with Crippen molar-refractivity contribution in [3.05, 3.63) is 64.7 Å². The molecule has 0 spiro atoms. The summed E-state index contributed by atoms with van der Waals surface area (Å²) < 4.78 is 30.3. The number of nitrogens with zero attached hydrogens (tertiary/aromatic N) is 1. The lowest BCUT2D eigenvalue weighted by Gasteiger charge is -2.31. The van der Waals surface area contributed by atoms with Crippen LogP contribution in [-0.4, -0.2) is 42.9 Å². The summed E-state index contributed by atoms with van der Waals surface area (Å²) in [6.45, 7) is 10.4. The van der Waals surface area contributed by atoms with Gasteiger partial charge in [-0.15, -0.1) is 0 Å². The minimum atomic E-state index is -3.12. The molecule has 0 radical (unpaired) electrons. The van der Waals surface area contributed by atoms with Gasteiger partial charge in [0.15, 0.2) is 15.9 Å². The Hall–Kier alpha value is -2.34. The first-order chi connectivity index (χ1) is 14.6. The first-order valence-corrected chi connectivity index (χ1v) is 12.7. The number of carbonyl (C=O) groups excluding carboxylic acids is 1. The molecule has 0 bridgehead atoms. The van der Waals surface area contributed by atoms with Crippen LogP contribution in [-0.2, 0) is 21.2 Å². The Morgan fingerprint density at radius 3 is 2.35 bits per heavy atom. The molecule has 0 aliphatic carbocycles. The summed E-state index contributed by atoms with van der Waals surface area (Å²) in [5.41, 5.74) is 4.32. The first-order valence-electron chi connectivity index (χ1n) is 10.9. The molecule has 1 aliphatic rings. The molecule has 0 aromatic heterocycles. The minimum Gasteiger partial charge on any atom is -0.481 e. The summed E-state index contributed by atoms with van der Waals surface area (Å²) in [5, 5.41) is 0.